The van der Waals surface area contributed by atoms with Crippen molar-refractivity contribution in [3.05, 3.63) is 63.7 Å². The molecule has 0 unspecified atom stereocenters. The maximum atomic E-state index is 12.5. The molecular formula is C23H24ClN3O4. The molecule has 162 valence electrons. The third kappa shape index (κ3) is 4.61. The summed E-state index contributed by atoms with van der Waals surface area (Å²) in [6, 6.07) is 9.78. The van der Waals surface area contributed by atoms with E-state index in [4.69, 9.17) is 11.6 Å². The van der Waals surface area contributed by atoms with E-state index in [1.54, 1.807) is 35.2 Å². The van der Waals surface area contributed by atoms with Crippen molar-refractivity contribution in [3.8, 4) is 0 Å². The fourth-order valence-corrected chi connectivity index (χ4v) is 3.75. The molecule has 31 heavy (non-hydrogen) atoms. The van der Waals surface area contributed by atoms with Gasteiger partial charge in [0.25, 0.3) is 17.7 Å². The van der Waals surface area contributed by atoms with Gasteiger partial charge in [-0.2, -0.15) is 0 Å². The number of amides is 4. The van der Waals surface area contributed by atoms with Crippen molar-refractivity contribution in [3.63, 3.8) is 0 Å². The smallest absolute Gasteiger partial charge is 0.261 e. The van der Waals surface area contributed by atoms with Crippen molar-refractivity contribution in [1.82, 2.24) is 9.80 Å². The van der Waals surface area contributed by atoms with Gasteiger partial charge < -0.3 is 10.2 Å². The highest BCUT2D eigenvalue weighted by Gasteiger charge is 2.35. The minimum Gasteiger partial charge on any atom is -0.339 e. The summed E-state index contributed by atoms with van der Waals surface area (Å²) in [5.41, 5.74) is 2.41. The number of carbonyl (C=O) groups excluding carboxylic acids is 4. The highest BCUT2D eigenvalue weighted by molar-refractivity contribution is 6.34. The first-order chi connectivity index (χ1) is 14.8. The fraction of sp³-hybridized carbons (Fsp3) is 0.304. The molecule has 2 aromatic rings. The number of nitrogens with zero attached hydrogens (tertiary/aromatic N) is 2. The van der Waals surface area contributed by atoms with E-state index in [9.17, 15) is 19.2 Å². The minimum atomic E-state index is -0.393. The Labute approximate surface area is 186 Å². The molecule has 1 aliphatic rings. The second-order valence-electron chi connectivity index (χ2n) is 7.28. The summed E-state index contributed by atoms with van der Waals surface area (Å²) in [6.07, 6.45) is -0.0534. The maximum Gasteiger partial charge on any atom is 0.261 e. The van der Waals surface area contributed by atoms with Gasteiger partial charge in [0.1, 0.15) is 0 Å². The van der Waals surface area contributed by atoms with Gasteiger partial charge in [0.2, 0.25) is 5.91 Å². The van der Waals surface area contributed by atoms with E-state index in [0.717, 1.165) is 10.5 Å². The molecule has 0 radical (unpaired) electrons. The van der Waals surface area contributed by atoms with Crippen LogP contribution < -0.4 is 5.32 Å². The van der Waals surface area contributed by atoms with Gasteiger partial charge in [0.05, 0.1) is 21.7 Å². The molecular weight excluding hydrogens is 418 g/mol. The highest BCUT2D eigenvalue weighted by Crippen LogP contribution is 2.25. The SMILES string of the molecule is CCN(CC)C(=O)c1ccc(NC(=O)CCN2C(=O)c3ccc(C)cc3C2=O)cc1Cl. The summed E-state index contributed by atoms with van der Waals surface area (Å²) in [6.45, 7) is 6.74. The van der Waals surface area contributed by atoms with E-state index in [1.807, 2.05) is 20.8 Å². The first-order valence-corrected chi connectivity index (χ1v) is 10.5. The van der Waals surface area contributed by atoms with Gasteiger partial charge in [-0.25, -0.2) is 0 Å². The van der Waals surface area contributed by atoms with Crippen LogP contribution in [0.1, 0.15) is 56.9 Å². The summed E-state index contributed by atoms with van der Waals surface area (Å²) < 4.78 is 0. The van der Waals surface area contributed by atoms with E-state index in [1.165, 1.54) is 6.07 Å². The van der Waals surface area contributed by atoms with Crippen LogP contribution in [0.15, 0.2) is 36.4 Å². The number of halogens is 1. The van der Waals surface area contributed by atoms with Gasteiger partial charge in [-0.3, -0.25) is 24.1 Å². The quantitative estimate of drug-likeness (QED) is 0.663. The van der Waals surface area contributed by atoms with Crippen molar-refractivity contribution < 1.29 is 19.2 Å². The van der Waals surface area contributed by atoms with Gasteiger partial charge in [-0.05, 0) is 51.1 Å². The third-order valence-corrected chi connectivity index (χ3v) is 5.54. The first kappa shape index (κ1) is 22.5. The summed E-state index contributed by atoms with van der Waals surface area (Å²) in [7, 11) is 0. The predicted molar refractivity (Wildman–Crippen MR) is 118 cm³/mol. The molecule has 7 nitrogen and oxygen atoms in total. The van der Waals surface area contributed by atoms with Crippen molar-refractivity contribution >= 4 is 40.9 Å². The molecule has 0 fully saturated rings. The molecule has 2 aromatic carbocycles. The van der Waals surface area contributed by atoms with Gasteiger partial charge >= 0.3 is 0 Å². The Kier molecular flexibility index (Phi) is 6.75. The topological polar surface area (TPSA) is 86.8 Å². The zero-order chi connectivity index (χ0) is 22.7. The third-order valence-electron chi connectivity index (χ3n) is 5.22. The zero-order valence-corrected chi connectivity index (χ0v) is 18.5. The number of imide groups is 1. The Hall–Kier alpha value is -3.19. The largest absolute Gasteiger partial charge is 0.339 e. The molecule has 0 saturated heterocycles. The van der Waals surface area contributed by atoms with Gasteiger partial charge in [0.15, 0.2) is 0 Å². The Morgan fingerprint density at radius 1 is 1.00 bits per heavy atom. The summed E-state index contributed by atoms with van der Waals surface area (Å²) >= 11 is 6.25. The van der Waals surface area contributed by atoms with E-state index >= 15 is 0 Å². The average molecular weight is 442 g/mol. The van der Waals surface area contributed by atoms with Gasteiger partial charge in [0, 0.05) is 31.7 Å². The molecule has 0 aromatic heterocycles. The molecule has 0 aliphatic carbocycles. The van der Waals surface area contributed by atoms with Crippen LogP contribution in [0.3, 0.4) is 0 Å². The molecule has 0 spiro atoms. The number of benzene rings is 2. The number of hydrogen-bond donors (Lipinski definition) is 1. The Morgan fingerprint density at radius 3 is 2.32 bits per heavy atom. The maximum absolute atomic E-state index is 12.5. The Bertz CT molecular complexity index is 1060. The summed E-state index contributed by atoms with van der Waals surface area (Å²) in [5, 5.41) is 2.93. The van der Waals surface area contributed by atoms with E-state index in [0.29, 0.717) is 35.5 Å². The van der Waals surface area contributed by atoms with Crippen LogP contribution in [0.25, 0.3) is 0 Å². The fourth-order valence-electron chi connectivity index (χ4n) is 3.49. The highest BCUT2D eigenvalue weighted by atomic mass is 35.5. The molecule has 8 heteroatoms. The molecule has 3 rings (SSSR count). The van der Waals surface area contributed by atoms with E-state index < -0.39 is 5.91 Å². The summed E-state index contributed by atoms with van der Waals surface area (Å²) in [4.78, 5) is 52.5. The average Bonchev–Trinajstić information content (AvgIpc) is 2.96. The second kappa shape index (κ2) is 9.31. The van der Waals surface area contributed by atoms with Gasteiger partial charge in [-0.15, -0.1) is 0 Å². The van der Waals surface area contributed by atoms with Crippen LogP contribution >= 0.6 is 11.6 Å². The predicted octanol–water partition coefficient (Wildman–Crippen LogP) is 3.76. The molecule has 1 aliphatic heterocycles. The number of rotatable bonds is 7. The van der Waals surface area contributed by atoms with Crippen LogP contribution in [0, 0.1) is 6.92 Å². The van der Waals surface area contributed by atoms with Gasteiger partial charge in [-0.1, -0.05) is 23.2 Å². The minimum absolute atomic E-state index is 0.0243. The number of carbonyl (C=O) groups is 4. The first-order valence-electron chi connectivity index (χ1n) is 10.1. The van der Waals surface area contributed by atoms with Crippen LogP contribution in [0.5, 0.6) is 0 Å². The van der Waals surface area contributed by atoms with Crippen LogP contribution in [0.2, 0.25) is 5.02 Å². The second-order valence-corrected chi connectivity index (χ2v) is 7.69. The lowest BCUT2D eigenvalue weighted by atomic mass is 10.1. The van der Waals surface area contributed by atoms with Crippen molar-refractivity contribution in [2.45, 2.75) is 27.2 Å². The molecule has 0 bridgehead atoms. The number of anilines is 1. The molecule has 4 amide bonds. The van der Waals surface area contributed by atoms with E-state index in [2.05, 4.69) is 5.32 Å². The molecule has 0 saturated carbocycles. The lowest BCUT2D eigenvalue weighted by Crippen LogP contribution is -2.33. The lowest BCUT2D eigenvalue weighted by Gasteiger charge is -2.19. The number of fused-ring (bicyclic) bond motifs is 1. The normalized spacial score (nSPS) is 12.7. The van der Waals surface area contributed by atoms with E-state index in [-0.39, 0.29) is 35.7 Å². The lowest BCUT2D eigenvalue weighted by molar-refractivity contribution is -0.116. The number of aryl methyl sites for hydroxylation is 1. The Morgan fingerprint density at radius 2 is 1.68 bits per heavy atom. The molecule has 1 N–H and O–H groups in total. The van der Waals surface area contributed by atoms with Crippen molar-refractivity contribution in [2.75, 3.05) is 25.0 Å². The summed E-state index contributed by atoms with van der Waals surface area (Å²) in [5.74, 6) is -1.32. The molecule has 0 atom stereocenters. The number of hydrogen-bond acceptors (Lipinski definition) is 4. The Balaban J connectivity index is 1.62. The monoisotopic (exact) mass is 441 g/mol. The van der Waals surface area contributed by atoms with Crippen LogP contribution in [0.4, 0.5) is 5.69 Å². The standard InChI is InChI=1S/C23H24ClN3O4/c1-4-26(5-2)21(29)17-9-7-15(13-19(17)24)25-20(28)10-11-27-22(30)16-8-6-14(3)12-18(16)23(27)31/h6-9,12-13H,4-5,10-11H2,1-3H3,(H,25,28). The molecule has 1 heterocycles. The van der Waals surface area contributed by atoms with Crippen LogP contribution in [-0.4, -0.2) is 53.1 Å². The number of nitrogens with one attached hydrogen (secondary N) is 1. The van der Waals surface area contributed by atoms with Crippen molar-refractivity contribution in [2.24, 2.45) is 0 Å². The van der Waals surface area contributed by atoms with Crippen LogP contribution in [-0.2, 0) is 4.79 Å². The zero-order valence-electron chi connectivity index (χ0n) is 17.7. The van der Waals surface area contributed by atoms with Crippen molar-refractivity contribution in [1.29, 1.82) is 0 Å².